The molecule has 1 amide bonds. The van der Waals surface area contributed by atoms with Crippen LogP contribution in [0, 0.1) is 29.5 Å². The van der Waals surface area contributed by atoms with Gasteiger partial charge in [-0.3, -0.25) is 4.79 Å². The first-order valence-electron chi connectivity index (χ1n) is 5.98. The minimum absolute atomic E-state index is 0.372. The molecule has 0 bridgehead atoms. The lowest BCUT2D eigenvalue weighted by Gasteiger charge is -2.22. The molecule has 1 aromatic carbocycles. The molecule has 0 saturated heterocycles. The van der Waals surface area contributed by atoms with Gasteiger partial charge in [-0.25, -0.2) is 4.39 Å². The molecular formula is C14H17FN2O. The molecule has 0 aliphatic rings. The third-order valence-corrected chi connectivity index (χ3v) is 3.29. The fraction of sp³-hybridized carbons (Fsp3) is 0.429. The molecule has 0 unspecified atom stereocenters. The van der Waals surface area contributed by atoms with E-state index in [0.29, 0.717) is 24.1 Å². The molecule has 0 heterocycles. The molecule has 18 heavy (non-hydrogen) atoms. The second kappa shape index (κ2) is 5.63. The summed E-state index contributed by atoms with van der Waals surface area (Å²) in [5.74, 6) is -0.749. The van der Waals surface area contributed by atoms with E-state index in [4.69, 9.17) is 5.26 Å². The predicted octanol–water partition coefficient (Wildman–Crippen LogP) is 3.40. The fourth-order valence-corrected chi connectivity index (χ4v) is 1.70. The molecule has 4 heteroatoms. The van der Waals surface area contributed by atoms with E-state index in [1.54, 1.807) is 32.9 Å². The van der Waals surface area contributed by atoms with E-state index in [9.17, 15) is 9.18 Å². The molecule has 0 aromatic heterocycles. The summed E-state index contributed by atoms with van der Waals surface area (Å²) < 4.78 is 13.4. The highest BCUT2D eigenvalue weighted by Gasteiger charge is 2.35. The van der Waals surface area contributed by atoms with Crippen LogP contribution < -0.4 is 5.32 Å². The Morgan fingerprint density at radius 3 is 2.50 bits per heavy atom. The Kier molecular flexibility index (Phi) is 4.43. The van der Waals surface area contributed by atoms with Crippen molar-refractivity contribution < 1.29 is 9.18 Å². The summed E-state index contributed by atoms with van der Waals surface area (Å²) in [5.41, 5.74) is -0.142. The Morgan fingerprint density at radius 1 is 1.44 bits per heavy atom. The van der Waals surface area contributed by atoms with E-state index in [1.807, 2.05) is 0 Å². The summed E-state index contributed by atoms with van der Waals surface area (Å²) in [5, 5.41) is 11.7. The maximum atomic E-state index is 13.4. The number of anilines is 1. The molecule has 0 spiro atoms. The number of amides is 1. The van der Waals surface area contributed by atoms with Crippen LogP contribution in [0.5, 0.6) is 0 Å². The van der Waals surface area contributed by atoms with Crippen LogP contribution >= 0.6 is 0 Å². The highest BCUT2D eigenvalue weighted by Crippen LogP contribution is 2.27. The lowest BCUT2D eigenvalue weighted by atomic mass is 9.83. The summed E-state index contributed by atoms with van der Waals surface area (Å²) in [6.45, 7) is 5.24. The van der Waals surface area contributed by atoms with Gasteiger partial charge in [-0.05, 0) is 37.5 Å². The number of nitriles is 1. The van der Waals surface area contributed by atoms with E-state index in [0.717, 1.165) is 0 Å². The highest BCUT2D eigenvalue weighted by molar-refractivity contribution is 5.97. The van der Waals surface area contributed by atoms with Crippen LogP contribution in [0.15, 0.2) is 18.2 Å². The number of nitrogens with zero attached hydrogens (tertiary/aromatic N) is 1. The summed E-state index contributed by atoms with van der Waals surface area (Å²) in [6, 6.07) is 6.54. The van der Waals surface area contributed by atoms with Crippen molar-refractivity contribution in [2.45, 2.75) is 33.6 Å². The molecule has 1 rings (SSSR count). The van der Waals surface area contributed by atoms with Crippen molar-refractivity contribution in [2.75, 3.05) is 5.32 Å². The van der Waals surface area contributed by atoms with Gasteiger partial charge in [-0.15, -0.1) is 0 Å². The quantitative estimate of drug-likeness (QED) is 0.887. The van der Waals surface area contributed by atoms with E-state index >= 15 is 0 Å². The largest absolute Gasteiger partial charge is 0.325 e. The summed E-state index contributed by atoms with van der Waals surface area (Å²) in [6.07, 6.45) is 0.861. The van der Waals surface area contributed by atoms with Gasteiger partial charge in [0.25, 0.3) is 0 Å². The van der Waals surface area contributed by atoms with Crippen molar-refractivity contribution in [3.63, 3.8) is 0 Å². The van der Waals surface area contributed by atoms with Gasteiger partial charge in [0.05, 0.1) is 6.07 Å². The maximum Gasteiger partial charge on any atom is 0.244 e. The number of carbonyl (C=O) groups is 1. The first-order valence-corrected chi connectivity index (χ1v) is 5.98. The van der Waals surface area contributed by atoms with Gasteiger partial charge in [0.2, 0.25) is 5.91 Å². The zero-order valence-corrected chi connectivity index (χ0v) is 10.9. The normalized spacial score (nSPS) is 10.8. The number of carbonyl (C=O) groups excluding carboxylic acids is 1. The Hall–Kier alpha value is -1.89. The standard InChI is InChI=1S/C14H17FN2O/c1-4-14(5-2,9-16)13(18)17-11-7-6-10(3)12(15)8-11/h6-8H,4-5H2,1-3H3,(H,17,18). The first kappa shape index (κ1) is 14.2. The van der Waals surface area contributed by atoms with Gasteiger partial charge in [-0.1, -0.05) is 19.9 Å². The minimum atomic E-state index is -1.04. The van der Waals surface area contributed by atoms with Crippen molar-refractivity contribution in [3.05, 3.63) is 29.6 Å². The van der Waals surface area contributed by atoms with Crippen LogP contribution in [-0.2, 0) is 4.79 Å². The van der Waals surface area contributed by atoms with Gasteiger partial charge in [-0.2, -0.15) is 5.26 Å². The molecule has 0 aliphatic heterocycles. The van der Waals surface area contributed by atoms with Crippen LogP contribution in [0.1, 0.15) is 32.3 Å². The second-order valence-corrected chi connectivity index (χ2v) is 4.32. The Bertz CT molecular complexity index is 487. The van der Waals surface area contributed by atoms with Crippen molar-refractivity contribution in [1.29, 1.82) is 5.26 Å². The molecule has 3 nitrogen and oxygen atoms in total. The molecule has 0 atom stereocenters. The molecule has 0 saturated carbocycles. The van der Waals surface area contributed by atoms with Crippen molar-refractivity contribution in [2.24, 2.45) is 5.41 Å². The number of rotatable bonds is 4. The highest BCUT2D eigenvalue weighted by atomic mass is 19.1. The van der Waals surface area contributed by atoms with Crippen molar-refractivity contribution >= 4 is 11.6 Å². The smallest absolute Gasteiger partial charge is 0.244 e. The van der Waals surface area contributed by atoms with Crippen LogP contribution in [0.3, 0.4) is 0 Å². The molecule has 0 fully saturated rings. The fourth-order valence-electron chi connectivity index (χ4n) is 1.70. The van der Waals surface area contributed by atoms with Gasteiger partial charge in [0.15, 0.2) is 0 Å². The molecule has 96 valence electrons. The zero-order valence-electron chi connectivity index (χ0n) is 10.9. The van der Waals surface area contributed by atoms with Crippen LogP contribution in [0.4, 0.5) is 10.1 Å². The van der Waals surface area contributed by atoms with Crippen LogP contribution in [0.25, 0.3) is 0 Å². The van der Waals surface area contributed by atoms with Crippen LogP contribution in [0.2, 0.25) is 0 Å². The average molecular weight is 248 g/mol. The van der Waals surface area contributed by atoms with E-state index in [2.05, 4.69) is 11.4 Å². The number of hydrogen-bond acceptors (Lipinski definition) is 2. The van der Waals surface area contributed by atoms with Crippen molar-refractivity contribution in [3.8, 4) is 6.07 Å². The zero-order chi connectivity index (χ0) is 13.8. The molecule has 0 radical (unpaired) electrons. The summed E-state index contributed by atoms with van der Waals surface area (Å²) in [4.78, 5) is 12.1. The van der Waals surface area contributed by atoms with Gasteiger partial charge in [0, 0.05) is 5.69 Å². The number of nitrogens with one attached hydrogen (secondary N) is 1. The molecule has 1 aromatic rings. The number of halogens is 1. The van der Waals surface area contributed by atoms with Crippen molar-refractivity contribution in [1.82, 2.24) is 0 Å². The van der Waals surface area contributed by atoms with Gasteiger partial charge >= 0.3 is 0 Å². The second-order valence-electron chi connectivity index (χ2n) is 4.32. The SMILES string of the molecule is CCC(C#N)(CC)C(=O)Nc1ccc(C)c(F)c1. The van der Waals surface area contributed by atoms with E-state index in [1.165, 1.54) is 6.07 Å². The number of aryl methyl sites for hydroxylation is 1. The topological polar surface area (TPSA) is 52.9 Å². The van der Waals surface area contributed by atoms with E-state index in [-0.39, 0.29) is 11.7 Å². The number of hydrogen-bond donors (Lipinski definition) is 1. The van der Waals surface area contributed by atoms with Gasteiger partial charge in [0.1, 0.15) is 11.2 Å². The predicted molar refractivity (Wildman–Crippen MR) is 68.4 cm³/mol. The summed E-state index contributed by atoms with van der Waals surface area (Å²) in [7, 11) is 0. The first-order chi connectivity index (χ1) is 8.49. The number of benzene rings is 1. The minimum Gasteiger partial charge on any atom is -0.325 e. The Balaban J connectivity index is 2.94. The van der Waals surface area contributed by atoms with E-state index < -0.39 is 5.41 Å². The van der Waals surface area contributed by atoms with Gasteiger partial charge < -0.3 is 5.32 Å². The molecule has 1 N–H and O–H groups in total. The maximum absolute atomic E-state index is 13.4. The van der Waals surface area contributed by atoms with Crippen LogP contribution in [-0.4, -0.2) is 5.91 Å². The average Bonchev–Trinajstić information content (AvgIpc) is 2.37. The third-order valence-electron chi connectivity index (χ3n) is 3.29. The Labute approximate surface area is 107 Å². The summed E-state index contributed by atoms with van der Waals surface area (Å²) >= 11 is 0. The lowest BCUT2D eigenvalue weighted by molar-refractivity contribution is -0.123. The lowest BCUT2D eigenvalue weighted by Crippen LogP contribution is -2.33. The Morgan fingerprint density at radius 2 is 2.06 bits per heavy atom. The monoisotopic (exact) mass is 248 g/mol. The molecular weight excluding hydrogens is 231 g/mol. The third kappa shape index (κ3) is 2.67. The molecule has 0 aliphatic carbocycles.